The molecule has 0 aliphatic carbocycles. The van der Waals surface area contributed by atoms with Gasteiger partial charge in [-0.05, 0) is 55.7 Å². The van der Waals surface area contributed by atoms with Crippen molar-refractivity contribution in [3.05, 3.63) is 48.5 Å². The molecule has 2 aromatic carbocycles. The molecule has 0 unspecified atom stereocenters. The zero-order chi connectivity index (χ0) is 19.6. The zero-order valence-electron chi connectivity index (χ0n) is 15.9. The molecule has 0 saturated carbocycles. The van der Waals surface area contributed by atoms with Crippen molar-refractivity contribution in [3.63, 3.8) is 0 Å². The number of amides is 1. The van der Waals surface area contributed by atoms with Gasteiger partial charge in [0.05, 0.1) is 16.0 Å². The van der Waals surface area contributed by atoms with Crippen molar-refractivity contribution in [3.8, 4) is 0 Å². The Kier molecular flexibility index (Phi) is 5.12. The largest absolute Gasteiger partial charge is 0.372 e. The molecule has 4 aromatic rings. The summed E-state index contributed by atoms with van der Waals surface area (Å²) in [5.41, 5.74) is 3.13. The minimum atomic E-state index is -0.0444. The molecule has 0 spiro atoms. The zero-order valence-corrected chi connectivity index (χ0v) is 17.5. The van der Waals surface area contributed by atoms with E-state index < -0.39 is 0 Å². The summed E-state index contributed by atoms with van der Waals surface area (Å²) in [5, 5.41) is 12.2. The molecule has 1 aliphatic rings. The molecule has 1 fully saturated rings. The molecule has 0 radical (unpaired) electrons. The Morgan fingerprint density at radius 2 is 1.83 bits per heavy atom. The van der Waals surface area contributed by atoms with Crippen LogP contribution in [0, 0.1) is 0 Å². The molecule has 5 rings (SSSR count). The van der Waals surface area contributed by atoms with Crippen LogP contribution >= 0.6 is 23.1 Å². The summed E-state index contributed by atoms with van der Waals surface area (Å²) in [4.78, 5) is 15.7. The van der Waals surface area contributed by atoms with Gasteiger partial charge in [-0.15, -0.1) is 10.2 Å². The van der Waals surface area contributed by atoms with Gasteiger partial charge in [-0.25, -0.2) is 0 Å². The highest BCUT2D eigenvalue weighted by atomic mass is 32.2. The lowest BCUT2D eigenvalue weighted by Gasteiger charge is -2.28. The number of thiazole rings is 1. The molecule has 2 aromatic heterocycles. The van der Waals surface area contributed by atoms with Crippen LogP contribution in [0.3, 0.4) is 0 Å². The number of carbonyl (C=O) groups is 1. The number of fused-ring (bicyclic) bond motifs is 3. The SMILES string of the molecule is O=C(CSc1nnc2sc3ccccc3n12)Nc1ccc(N2CCCCC2)cc1. The summed E-state index contributed by atoms with van der Waals surface area (Å²) in [6.07, 6.45) is 3.83. The van der Waals surface area contributed by atoms with Crippen LogP contribution in [0.25, 0.3) is 15.2 Å². The van der Waals surface area contributed by atoms with Crippen molar-refractivity contribution < 1.29 is 4.79 Å². The number of thioether (sulfide) groups is 1. The highest BCUT2D eigenvalue weighted by Crippen LogP contribution is 2.29. The molecule has 148 valence electrons. The number of anilines is 2. The first kappa shape index (κ1) is 18.4. The predicted octanol–water partition coefficient (Wildman–Crippen LogP) is 4.67. The standard InChI is InChI=1S/C21H21N5OS2/c27-19(22-15-8-10-16(11-9-15)25-12-4-1-5-13-25)14-28-20-23-24-21-26(20)17-6-2-3-7-18(17)29-21/h2-3,6-11H,1,4-5,12-14H2,(H,22,27). The number of carbonyl (C=O) groups excluding carboxylic acids is 1. The lowest BCUT2D eigenvalue weighted by atomic mass is 10.1. The molecular weight excluding hydrogens is 402 g/mol. The number of hydrogen-bond acceptors (Lipinski definition) is 6. The van der Waals surface area contributed by atoms with Crippen molar-refractivity contribution in [1.82, 2.24) is 14.6 Å². The maximum Gasteiger partial charge on any atom is 0.234 e. The van der Waals surface area contributed by atoms with Gasteiger partial charge < -0.3 is 10.2 Å². The van der Waals surface area contributed by atoms with E-state index in [0.29, 0.717) is 5.75 Å². The van der Waals surface area contributed by atoms with Crippen molar-refractivity contribution in [2.24, 2.45) is 0 Å². The van der Waals surface area contributed by atoms with E-state index in [1.54, 1.807) is 11.3 Å². The van der Waals surface area contributed by atoms with Crippen LogP contribution < -0.4 is 10.2 Å². The Bertz CT molecular complexity index is 1150. The number of nitrogens with zero attached hydrogens (tertiary/aromatic N) is 4. The summed E-state index contributed by atoms with van der Waals surface area (Å²) in [7, 11) is 0. The van der Waals surface area contributed by atoms with Gasteiger partial charge in [-0.3, -0.25) is 9.20 Å². The molecule has 0 atom stereocenters. The average molecular weight is 424 g/mol. The molecule has 3 heterocycles. The Morgan fingerprint density at radius 1 is 1.03 bits per heavy atom. The highest BCUT2D eigenvalue weighted by Gasteiger charge is 2.14. The van der Waals surface area contributed by atoms with Crippen molar-refractivity contribution in [2.75, 3.05) is 29.1 Å². The van der Waals surface area contributed by atoms with Crippen molar-refractivity contribution in [2.45, 2.75) is 24.4 Å². The average Bonchev–Trinajstić information content (AvgIpc) is 3.33. The second-order valence-electron chi connectivity index (χ2n) is 7.10. The van der Waals surface area contributed by atoms with Gasteiger partial charge in [0.2, 0.25) is 10.9 Å². The quantitative estimate of drug-likeness (QED) is 0.473. The van der Waals surface area contributed by atoms with Crippen LogP contribution in [0.15, 0.2) is 53.7 Å². The van der Waals surface area contributed by atoms with Gasteiger partial charge in [-0.1, -0.05) is 35.2 Å². The third-order valence-corrected chi connectivity index (χ3v) is 7.06. The molecule has 8 heteroatoms. The van der Waals surface area contributed by atoms with E-state index in [1.165, 1.54) is 36.7 Å². The topological polar surface area (TPSA) is 62.5 Å². The number of rotatable bonds is 5. The van der Waals surface area contributed by atoms with Crippen LogP contribution in [-0.4, -0.2) is 39.3 Å². The molecule has 0 bridgehead atoms. The van der Waals surface area contributed by atoms with Crippen molar-refractivity contribution in [1.29, 1.82) is 0 Å². The second kappa shape index (κ2) is 8.04. The molecular formula is C21H21N5OS2. The van der Waals surface area contributed by atoms with Gasteiger partial charge in [0, 0.05) is 24.5 Å². The number of aromatic nitrogens is 3. The second-order valence-corrected chi connectivity index (χ2v) is 9.05. The number of benzene rings is 2. The van der Waals surface area contributed by atoms with Crippen LogP contribution in [0.4, 0.5) is 11.4 Å². The third-order valence-electron chi connectivity index (χ3n) is 5.12. The normalized spacial score (nSPS) is 14.6. The van der Waals surface area contributed by atoms with Gasteiger partial charge >= 0.3 is 0 Å². The van der Waals surface area contributed by atoms with Crippen LogP contribution in [-0.2, 0) is 4.79 Å². The van der Waals surface area contributed by atoms with Crippen molar-refractivity contribution >= 4 is 55.6 Å². The fraction of sp³-hybridized carbons (Fsp3) is 0.286. The van der Waals surface area contributed by atoms with Gasteiger partial charge in [0.15, 0.2) is 5.16 Å². The van der Waals surface area contributed by atoms with Crippen LogP contribution in [0.2, 0.25) is 0 Å². The summed E-state index contributed by atoms with van der Waals surface area (Å²) in [6.45, 7) is 2.23. The summed E-state index contributed by atoms with van der Waals surface area (Å²) < 4.78 is 3.18. The first-order chi connectivity index (χ1) is 14.3. The van der Waals surface area contributed by atoms with E-state index in [9.17, 15) is 4.79 Å². The summed E-state index contributed by atoms with van der Waals surface area (Å²) >= 11 is 3.01. The molecule has 29 heavy (non-hydrogen) atoms. The predicted molar refractivity (Wildman–Crippen MR) is 120 cm³/mol. The van der Waals surface area contributed by atoms with E-state index in [0.717, 1.165) is 39.1 Å². The number of para-hydroxylation sites is 1. The highest BCUT2D eigenvalue weighted by molar-refractivity contribution is 7.99. The Morgan fingerprint density at radius 3 is 2.66 bits per heavy atom. The lowest BCUT2D eigenvalue weighted by molar-refractivity contribution is -0.113. The lowest BCUT2D eigenvalue weighted by Crippen LogP contribution is -2.29. The number of piperidine rings is 1. The summed E-state index contributed by atoms with van der Waals surface area (Å²) in [5.74, 6) is 0.246. The van der Waals surface area contributed by atoms with Gasteiger partial charge in [0.25, 0.3) is 0 Å². The van der Waals surface area contributed by atoms with E-state index >= 15 is 0 Å². The Labute approximate surface area is 176 Å². The first-order valence-electron chi connectivity index (χ1n) is 9.78. The van der Waals surface area contributed by atoms with E-state index in [1.807, 2.05) is 28.7 Å². The monoisotopic (exact) mass is 423 g/mol. The number of nitrogens with one attached hydrogen (secondary N) is 1. The third kappa shape index (κ3) is 3.82. The smallest absolute Gasteiger partial charge is 0.234 e. The fourth-order valence-corrected chi connectivity index (χ4v) is 5.45. The minimum absolute atomic E-state index is 0.0444. The van der Waals surface area contributed by atoms with E-state index in [-0.39, 0.29) is 5.91 Å². The molecule has 1 aliphatic heterocycles. The Hall–Kier alpha value is -2.58. The fourth-order valence-electron chi connectivity index (χ4n) is 3.68. The number of hydrogen-bond donors (Lipinski definition) is 1. The minimum Gasteiger partial charge on any atom is -0.372 e. The molecule has 1 amide bonds. The van der Waals surface area contributed by atoms with E-state index in [4.69, 9.17) is 0 Å². The molecule has 6 nitrogen and oxygen atoms in total. The maximum absolute atomic E-state index is 12.4. The van der Waals surface area contributed by atoms with E-state index in [2.05, 4.69) is 44.7 Å². The van der Waals surface area contributed by atoms with Gasteiger partial charge in [-0.2, -0.15) is 0 Å². The maximum atomic E-state index is 12.4. The van der Waals surface area contributed by atoms with Gasteiger partial charge in [0.1, 0.15) is 0 Å². The summed E-state index contributed by atoms with van der Waals surface area (Å²) in [6, 6.07) is 16.3. The first-order valence-corrected chi connectivity index (χ1v) is 11.6. The van der Waals surface area contributed by atoms with Crippen LogP contribution in [0.5, 0.6) is 0 Å². The van der Waals surface area contributed by atoms with Crippen LogP contribution in [0.1, 0.15) is 19.3 Å². The molecule has 1 N–H and O–H groups in total. The molecule has 1 saturated heterocycles. The Balaban J connectivity index is 1.23.